The summed E-state index contributed by atoms with van der Waals surface area (Å²) < 4.78 is 10.8. The van der Waals surface area contributed by atoms with Crippen molar-refractivity contribution in [1.82, 2.24) is 0 Å². The van der Waals surface area contributed by atoms with Gasteiger partial charge in [0, 0.05) is 5.56 Å². The number of aromatic carboxylic acids is 1. The summed E-state index contributed by atoms with van der Waals surface area (Å²) in [6.07, 6.45) is 0. The Morgan fingerprint density at radius 3 is 2.34 bits per heavy atom. The van der Waals surface area contributed by atoms with Gasteiger partial charge in [-0.2, -0.15) is 5.26 Å². The van der Waals surface area contributed by atoms with E-state index in [1.54, 1.807) is 55.6 Å². The second kappa shape index (κ2) is 8.59. The van der Waals surface area contributed by atoms with E-state index in [0.717, 1.165) is 0 Å². The number of amides is 1. The molecule has 0 unspecified atom stereocenters. The number of nitrogens with one attached hydrogen (secondary N) is 1. The molecule has 0 saturated heterocycles. The smallest absolute Gasteiger partial charge is 0.337 e. The number of benzene rings is 3. The number of carbonyl (C=O) groups is 2. The lowest BCUT2D eigenvalue weighted by atomic mass is 10.1. The van der Waals surface area contributed by atoms with E-state index in [-0.39, 0.29) is 22.4 Å². The van der Waals surface area contributed by atoms with Crippen LogP contribution in [0.3, 0.4) is 0 Å². The van der Waals surface area contributed by atoms with Crippen LogP contribution in [0.1, 0.15) is 26.3 Å². The number of nitriles is 1. The van der Waals surface area contributed by atoms with E-state index in [4.69, 9.17) is 14.7 Å². The van der Waals surface area contributed by atoms with Crippen molar-refractivity contribution in [1.29, 1.82) is 5.26 Å². The van der Waals surface area contributed by atoms with E-state index >= 15 is 0 Å². The molecule has 0 aliphatic heterocycles. The predicted octanol–water partition coefficient (Wildman–Crippen LogP) is 4.31. The van der Waals surface area contributed by atoms with Crippen molar-refractivity contribution in [3.8, 4) is 23.3 Å². The Morgan fingerprint density at radius 2 is 1.69 bits per heavy atom. The van der Waals surface area contributed by atoms with Crippen LogP contribution in [0.2, 0.25) is 0 Å². The van der Waals surface area contributed by atoms with Crippen LogP contribution < -0.4 is 14.8 Å². The fraction of sp³-hybridized carbons (Fsp3) is 0.0455. The Balaban J connectivity index is 1.79. The highest BCUT2D eigenvalue weighted by atomic mass is 16.5. The first-order chi connectivity index (χ1) is 14.0. The van der Waals surface area contributed by atoms with Crippen LogP contribution >= 0.6 is 0 Å². The van der Waals surface area contributed by atoms with E-state index in [1.807, 2.05) is 6.07 Å². The second-order valence-electron chi connectivity index (χ2n) is 5.94. The van der Waals surface area contributed by atoms with Gasteiger partial charge in [-0.3, -0.25) is 4.79 Å². The van der Waals surface area contributed by atoms with Gasteiger partial charge in [-0.25, -0.2) is 4.79 Å². The Kier molecular flexibility index (Phi) is 5.76. The van der Waals surface area contributed by atoms with E-state index < -0.39 is 11.9 Å². The zero-order valence-corrected chi connectivity index (χ0v) is 15.4. The van der Waals surface area contributed by atoms with Crippen molar-refractivity contribution in [2.45, 2.75) is 0 Å². The van der Waals surface area contributed by atoms with Crippen molar-refractivity contribution >= 4 is 17.6 Å². The van der Waals surface area contributed by atoms with Crippen molar-refractivity contribution in [3.63, 3.8) is 0 Å². The molecule has 2 N–H and O–H groups in total. The van der Waals surface area contributed by atoms with Crippen LogP contribution in [0.15, 0.2) is 66.7 Å². The summed E-state index contributed by atoms with van der Waals surface area (Å²) in [7, 11) is 1.57. The van der Waals surface area contributed by atoms with Crippen molar-refractivity contribution in [2.24, 2.45) is 0 Å². The van der Waals surface area contributed by atoms with E-state index in [9.17, 15) is 14.7 Å². The molecule has 0 bridgehead atoms. The van der Waals surface area contributed by atoms with Crippen molar-refractivity contribution in [3.05, 3.63) is 83.4 Å². The molecule has 0 spiro atoms. The molecule has 3 aromatic carbocycles. The van der Waals surface area contributed by atoms with Gasteiger partial charge in [0.2, 0.25) is 0 Å². The molecule has 1 amide bonds. The molecule has 0 aliphatic rings. The van der Waals surface area contributed by atoms with Gasteiger partial charge in [0.1, 0.15) is 17.2 Å². The number of hydrogen-bond acceptors (Lipinski definition) is 5. The van der Waals surface area contributed by atoms with Crippen LogP contribution in [0.4, 0.5) is 5.69 Å². The molecule has 3 rings (SSSR count). The topological polar surface area (TPSA) is 109 Å². The minimum absolute atomic E-state index is 0.1000. The maximum Gasteiger partial charge on any atom is 0.337 e. The average Bonchev–Trinajstić information content (AvgIpc) is 2.74. The standard InChI is InChI=1S/C22H16N2O5/c1-28-16-6-8-17(9-7-16)29-18-4-2-3-15(12-18)21(25)24-20-10-5-14(13-23)11-19(20)22(26)27/h2-12H,1H3,(H,24,25)(H,26,27). The Labute approximate surface area is 166 Å². The molecule has 29 heavy (non-hydrogen) atoms. The third-order valence-corrected chi connectivity index (χ3v) is 4.02. The van der Waals surface area contributed by atoms with Gasteiger partial charge in [-0.05, 0) is 60.7 Å². The van der Waals surface area contributed by atoms with Gasteiger partial charge in [-0.15, -0.1) is 0 Å². The van der Waals surface area contributed by atoms with Gasteiger partial charge in [-0.1, -0.05) is 6.07 Å². The highest BCUT2D eigenvalue weighted by Crippen LogP contribution is 2.25. The first-order valence-corrected chi connectivity index (χ1v) is 8.51. The van der Waals surface area contributed by atoms with Gasteiger partial charge in [0.25, 0.3) is 5.91 Å². The average molecular weight is 388 g/mol. The molecule has 0 fully saturated rings. The minimum atomic E-state index is -1.24. The lowest BCUT2D eigenvalue weighted by Gasteiger charge is -2.11. The lowest BCUT2D eigenvalue weighted by molar-refractivity contribution is 0.0698. The van der Waals surface area contributed by atoms with Crippen LogP contribution in [0.5, 0.6) is 17.2 Å². The van der Waals surface area contributed by atoms with Gasteiger partial charge in [0.15, 0.2) is 0 Å². The molecule has 7 heteroatoms. The van der Waals surface area contributed by atoms with Gasteiger partial charge in [0.05, 0.1) is 30.0 Å². The summed E-state index contributed by atoms with van der Waals surface area (Å²) in [5.41, 5.74) is 0.415. The Hall–Kier alpha value is -4.31. The number of carboxylic acids is 1. The number of carboxylic acid groups (broad SMARTS) is 1. The fourth-order valence-corrected chi connectivity index (χ4v) is 2.57. The summed E-state index contributed by atoms with van der Waals surface area (Å²) in [5, 5.41) is 20.8. The Morgan fingerprint density at radius 1 is 0.966 bits per heavy atom. The molecule has 3 aromatic rings. The zero-order valence-electron chi connectivity index (χ0n) is 15.4. The first-order valence-electron chi connectivity index (χ1n) is 8.51. The van der Waals surface area contributed by atoms with Crippen molar-refractivity contribution < 1.29 is 24.2 Å². The summed E-state index contributed by atoms with van der Waals surface area (Å²) >= 11 is 0. The maximum atomic E-state index is 12.6. The lowest BCUT2D eigenvalue weighted by Crippen LogP contribution is -2.15. The van der Waals surface area contributed by atoms with Crippen LogP contribution in [-0.4, -0.2) is 24.1 Å². The quantitative estimate of drug-likeness (QED) is 0.651. The van der Waals surface area contributed by atoms with Crippen LogP contribution in [0, 0.1) is 11.3 Å². The summed E-state index contributed by atoms with van der Waals surface area (Å²) in [6.45, 7) is 0. The normalized spacial score (nSPS) is 9.93. The maximum absolute atomic E-state index is 12.6. The SMILES string of the molecule is COc1ccc(Oc2cccc(C(=O)Nc3ccc(C#N)cc3C(=O)O)c2)cc1. The Bertz CT molecular complexity index is 1100. The molecule has 144 valence electrons. The van der Waals surface area contributed by atoms with E-state index in [0.29, 0.717) is 17.2 Å². The van der Waals surface area contributed by atoms with Crippen LogP contribution in [-0.2, 0) is 0 Å². The monoisotopic (exact) mass is 388 g/mol. The number of nitrogens with zero attached hydrogens (tertiary/aromatic N) is 1. The zero-order chi connectivity index (χ0) is 20.8. The van der Waals surface area contributed by atoms with Gasteiger partial charge < -0.3 is 19.9 Å². The number of ether oxygens (including phenoxy) is 2. The summed E-state index contributed by atoms with van der Waals surface area (Å²) in [4.78, 5) is 24.0. The third kappa shape index (κ3) is 4.70. The molecule has 0 radical (unpaired) electrons. The van der Waals surface area contributed by atoms with Crippen LogP contribution in [0.25, 0.3) is 0 Å². The number of methoxy groups -OCH3 is 1. The molecular weight excluding hydrogens is 372 g/mol. The largest absolute Gasteiger partial charge is 0.497 e. The molecular formula is C22H16N2O5. The third-order valence-electron chi connectivity index (χ3n) is 4.02. The summed E-state index contributed by atoms with van der Waals surface area (Å²) in [5.74, 6) is -0.0294. The number of anilines is 1. The fourth-order valence-electron chi connectivity index (χ4n) is 2.57. The van der Waals surface area contributed by atoms with Gasteiger partial charge >= 0.3 is 5.97 Å². The highest BCUT2D eigenvalue weighted by molar-refractivity contribution is 6.08. The molecule has 0 saturated carbocycles. The number of rotatable bonds is 6. The second-order valence-corrected chi connectivity index (χ2v) is 5.94. The molecule has 0 aromatic heterocycles. The molecule has 7 nitrogen and oxygen atoms in total. The summed E-state index contributed by atoms with van der Waals surface area (Å²) in [6, 6.07) is 19.4. The number of hydrogen-bond donors (Lipinski definition) is 2. The molecule has 0 atom stereocenters. The first kappa shape index (κ1) is 19.5. The minimum Gasteiger partial charge on any atom is -0.497 e. The molecule has 0 aliphatic carbocycles. The number of carbonyl (C=O) groups excluding carboxylic acids is 1. The molecule has 0 heterocycles. The van der Waals surface area contributed by atoms with Crippen molar-refractivity contribution in [2.75, 3.05) is 12.4 Å². The van der Waals surface area contributed by atoms with E-state index in [1.165, 1.54) is 18.2 Å². The van der Waals surface area contributed by atoms with E-state index in [2.05, 4.69) is 5.32 Å². The predicted molar refractivity (Wildman–Crippen MR) is 106 cm³/mol. The highest BCUT2D eigenvalue weighted by Gasteiger charge is 2.15.